The molecule has 0 saturated heterocycles. The quantitative estimate of drug-likeness (QED) is 0.694. The summed E-state index contributed by atoms with van der Waals surface area (Å²) >= 11 is 0. The Morgan fingerprint density at radius 1 is 1.00 bits per heavy atom. The minimum absolute atomic E-state index is 0.138. The van der Waals surface area contributed by atoms with Crippen LogP contribution in [-0.4, -0.2) is 0 Å². The van der Waals surface area contributed by atoms with E-state index in [1.54, 1.807) is 6.08 Å². The number of halogens is 1. The van der Waals surface area contributed by atoms with E-state index in [0.29, 0.717) is 11.1 Å². The maximum atomic E-state index is 13.8. The monoisotopic (exact) mass is 293 g/mol. The molecule has 0 unspecified atom stereocenters. The van der Waals surface area contributed by atoms with Gasteiger partial charge in [0.25, 0.3) is 0 Å². The van der Waals surface area contributed by atoms with Crippen LogP contribution in [0.1, 0.15) is 42.0 Å². The number of benzene rings is 2. The van der Waals surface area contributed by atoms with Crippen LogP contribution in [0.3, 0.4) is 0 Å². The molecule has 0 bridgehead atoms. The van der Waals surface area contributed by atoms with E-state index in [1.165, 1.54) is 11.1 Å². The van der Waals surface area contributed by atoms with E-state index in [2.05, 4.69) is 6.07 Å². The first-order chi connectivity index (χ1) is 10.7. The zero-order valence-corrected chi connectivity index (χ0v) is 12.8. The zero-order chi connectivity index (χ0) is 15.8. The molecule has 0 aliphatic carbocycles. The van der Waals surface area contributed by atoms with Gasteiger partial charge in [-0.3, -0.25) is 0 Å². The molecule has 2 aromatic carbocycles. The SMILES string of the molecule is CCC/C=C(/F)c1ccc(CCc2ccc(C#N)cc2)cc1. The first kappa shape index (κ1) is 16.0. The standard InChI is InChI=1S/C20H20FN/c1-2-3-4-20(21)19-13-11-17(12-14-19)6-5-16-7-9-18(15-22)10-8-16/h4,7-14H,2-3,5-6H2,1H3/b20-4+. The Bertz CT molecular complexity index is 660. The fourth-order valence-corrected chi connectivity index (χ4v) is 2.25. The lowest BCUT2D eigenvalue weighted by atomic mass is 10.0. The second-order valence-corrected chi connectivity index (χ2v) is 5.35. The zero-order valence-electron chi connectivity index (χ0n) is 12.8. The van der Waals surface area contributed by atoms with Gasteiger partial charge in [-0.25, -0.2) is 4.39 Å². The molecular formula is C20H20FN. The molecule has 1 nitrogen and oxygen atoms in total. The van der Waals surface area contributed by atoms with Crippen LogP contribution in [0.4, 0.5) is 4.39 Å². The third kappa shape index (κ3) is 4.56. The Morgan fingerprint density at radius 3 is 2.05 bits per heavy atom. The summed E-state index contributed by atoms with van der Waals surface area (Å²) in [4.78, 5) is 0. The van der Waals surface area contributed by atoms with Gasteiger partial charge in [-0.15, -0.1) is 0 Å². The number of unbranched alkanes of at least 4 members (excludes halogenated alkanes) is 1. The van der Waals surface area contributed by atoms with Gasteiger partial charge in [0.15, 0.2) is 0 Å². The van der Waals surface area contributed by atoms with Crippen LogP contribution in [0.5, 0.6) is 0 Å². The van der Waals surface area contributed by atoms with Gasteiger partial charge in [-0.1, -0.05) is 49.7 Å². The van der Waals surface area contributed by atoms with Crippen molar-refractivity contribution in [3.8, 4) is 6.07 Å². The van der Waals surface area contributed by atoms with Gasteiger partial charge in [0, 0.05) is 5.56 Å². The molecule has 0 saturated carbocycles. The molecule has 0 fully saturated rings. The minimum atomic E-state index is -0.138. The molecule has 0 radical (unpaired) electrons. The fraction of sp³-hybridized carbons (Fsp3) is 0.250. The van der Waals surface area contributed by atoms with Crippen LogP contribution < -0.4 is 0 Å². The topological polar surface area (TPSA) is 23.8 Å². The van der Waals surface area contributed by atoms with E-state index in [0.717, 1.165) is 25.7 Å². The molecule has 0 amide bonds. The van der Waals surface area contributed by atoms with E-state index >= 15 is 0 Å². The second kappa shape index (κ2) is 8.14. The summed E-state index contributed by atoms with van der Waals surface area (Å²) in [6.45, 7) is 2.04. The third-order valence-corrected chi connectivity index (χ3v) is 3.63. The number of nitrogens with zero attached hydrogens (tertiary/aromatic N) is 1. The van der Waals surface area contributed by atoms with Crippen molar-refractivity contribution >= 4 is 5.83 Å². The van der Waals surface area contributed by atoms with Crippen LogP contribution in [0.2, 0.25) is 0 Å². The molecule has 0 N–H and O–H groups in total. The molecular weight excluding hydrogens is 273 g/mol. The number of hydrogen-bond acceptors (Lipinski definition) is 1. The lowest BCUT2D eigenvalue weighted by molar-refractivity contribution is 0.750. The van der Waals surface area contributed by atoms with Gasteiger partial charge in [0.05, 0.1) is 11.6 Å². The molecule has 0 atom stereocenters. The maximum Gasteiger partial charge on any atom is 0.126 e. The summed E-state index contributed by atoms with van der Waals surface area (Å²) in [7, 11) is 0. The Morgan fingerprint density at radius 2 is 1.55 bits per heavy atom. The van der Waals surface area contributed by atoms with Gasteiger partial charge < -0.3 is 0 Å². The molecule has 0 aliphatic rings. The smallest absolute Gasteiger partial charge is 0.126 e. The van der Waals surface area contributed by atoms with Crippen molar-refractivity contribution in [2.75, 3.05) is 0 Å². The highest BCUT2D eigenvalue weighted by Crippen LogP contribution is 2.18. The molecule has 0 aliphatic heterocycles. The van der Waals surface area contributed by atoms with Crippen molar-refractivity contribution in [3.63, 3.8) is 0 Å². The van der Waals surface area contributed by atoms with Crippen LogP contribution in [0, 0.1) is 11.3 Å². The van der Waals surface area contributed by atoms with Crippen LogP contribution >= 0.6 is 0 Å². The summed E-state index contributed by atoms with van der Waals surface area (Å²) in [5.74, 6) is -0.138. The number of allylic oxidation sites excluding steroid dienone is 1. The van der Waals surface area contributed by atoms with Crippen LogP contribution in [-0.2, 0) is 12.8 Å². The molecule has 0 spiro atoms. The first-order valence-corrected chi connectivity index (χ1v) is 7.67. The van der Waals surface area contributed by atoms with Gasteiger partial charge >= 0.3 is 0 Å². The van der Waals surface area contributed by atoms with Gasteiger partial charge in [0.2, 0.25) is 0 Å². The second-order valence-electron chi connectivity index (χ2n) is 5.35. The number of hydrogen-bond donors (Lipinski definition) is 0. The Kier molecular flexibility index (Phi) is 5.91. The van der Waals surface area contributed by atoms with Crippen LogP contribution in [0.25, 0.3) is 5.83 Å². The van der Waals surface area contributed by atoms with E-state index < -0.39 is 0 Å². The third-order valence-electron chi connectivity index (χ3n) is 3.63. The Balaban J connectivity index is 1.95. The number of aryl methyl sites for hydroxylation is 2. The molecule has 2 heteroatoms. The van der Waals surface area contributed by atoms with Crippen molar-refractivity contribution in [1.82, 2.24) is 0 Å². The predicted molar refractivity (Wildman–Crippen MR) is 89.0 cm³/mol. The van der Waals surface area contributed by atoms with E-state index in [1.807, 2.05) is 55.5 Å². The van der Waals surface area contributed by atoms with Crippen LogP contribution in [0.15, 0.2) is 54.6 Å². The molecule has 2 rings (SSSR count). The lowest BCUT2D eigenvalue weighted by Crippen LogP contribution is -1.92. The summed E-state index contributed by atoms with van der Waals surface area (Å²) in [6.07, 6.45) is 5.19. The normalized spacial score (nSPS) is 11.2. The molecule has 0 aromatic heterocycles. The fourth-order valence-electron chi connectivity index (χ4n) is 2.25. The molecule has 2 aromatic rings. The van der Waals surface area contributed by atoms with Gasteiger partial charge in [0.1, 0.15) is 5.83 Å². The van der Waals surface area contributed by atoms with Crippen molar-refractivity contribution in [3.05, 3.63) is 76.9 Å². The lowest BCUT2D eigenvalue weighted by Gasteiger charge is -2.04. The number of nitriles is 1. The van der Waals surface area contributed by atoms with Crippen molar-refractivity contribution in [2.24, 2.45) is 0 Å². The Labute approximate surface area is 131 Å². The average molecular weight is 293 g/mol. The van der Waals surface area contributed by atoms with Gasteiger partial charge in [-0.05, 0) is 48.6 Å². The van der Waals surface area contributed by atoms with Gasteiger partial charge in [-0.2, -0.15) is 5.26 Å². The van der Waals surface area contributed by atoms with Crippen molar-refractivity contribution in [2.45, 2.75) is 32.6 Å². The summed E-state index contributed by atoms with van der Waals surface area (Å²) in [6, 6.07) is 17.4. The predicted octanol–water partition coefficient (Wildman–Crippen LogP) is 5.45. The average Bonchev–Trinajstić information content (AvgIpc) is 2.58. The maximum absolute atomic E-state index is 13.8. The highest BCUT2D eigenvalue weighted by molar-refractivity contribution is 5.59. The highest BCUT2D eigenvalue weighted by atomic mass is 19.1. The molecule has 0 heterocycles. The van der Waals surface area contributed by atoms with E-state index in [4.69, 9.17) is 5.26 Å². The largest absolute Gasteiger partial charge is 0.207 e. The number of rotatable bonds is 6. The highest BCUT2D eigenvalue weighted by Gasteiger charge is 2.01. The first-order valence-electron chi connectivity index (χ1n) is 7.67. The summed E-state index contributed by atoms with van der Waals surface area (Å²) < 4.78 is 13.8. The van der Waals surface area contributed by atoms with E-state index in [9.17, 15) is 4.39 Å². The summed E-state index contributed by atoms with van der Waals surface area (Å²) in [5, 5.41) is 8.78. The molecule has 22 heavy (non-hydrogen) atoms. The minimum Gasteiger partial charge on any atom is -0.207 e. The molecule has 112 valence electrons. The Hall–Kier alpha value is -2.40. The van der Waals surface area contributed by atoms with Crippen molar-refractivity contribution in [1.29, 1.82) is 5.26 Å². The summed E-state index contributed by atoms with van der Waals surface area (Å²) in [5.41, 5.74) is 3.73. The van der Waals surface area contributed by atoms with Crippen molar-refractivity contribution < 1.29 is 4.39 Å². The van der Waals surface area contributed by atoms with E-state index in [-0.39, 0.29) is 5.83 Å².